The van der Waals surface area contributed by atoms with Crippen LogP contribution in [0.4, 0.5) is 0 Å². The van der Waals surface area contributed by atoms with Crippen molar-refractivity contribution in [2.24, 2.45) is 0 Å². The molecule has 0 aliphatic rings. The van der Waals surface area contributed by atoms with Crippen LogP contribution in [0.25, 0.3) is 0 Å². The van der Waals surface area contributed by atoms with Gasteiger partial charge in [-0.15, -0.1) is 11.3 Å². The number of aliphatic hydroxyl groups is 1. The number of benzene rings is 1. The van der Waals surface area contributed by atoms with Gasteiger partial charge in [0.25, 0.3) is 0 Å². The molecule has 0 saturated carbocycles. The molecule has 1 unspecified atom stereocenters. The number of thiophene rings is 1. The van der Waals surface area contributed by atoms with Crippen LogP contribution < -0.4 is 4.74 Å². The average Bonchev–Trinajstić information content (AvgIpc) is 2.68. The van der Waals surface area contributed by atoms with Crippen LogP contribution in [-0.4, -0.2) is 12.2 Å². The van der Waals surface area contributed by atoms with E-state index in [4.69, 9.17) is 4.74 Å². The summed E-state index contributed by atoms with van der Waals surface area (Å²) in [4.78, 5) is 0.905. The number of methoxy groups -OCH3 is 1. The SMILES string of the molecule is COc1c(C)cc(C(O)c2cc(Br)c(Br)s2)cc1C. The number of hydrogen-bond acceptors (Lipinski definition) is 3. The van der Waals surface area contributed by atoms with Crippen molar-refractivity contribution < 1.29 is 9.84 Å². The molecule has 0 radical (unpaired) electrons. The minimum Gasteiger partial charge on any atom is -0.496 e. The van der Waals surface area contributed by atoms with Crippen molar-refractivity contribution in [2.45, 2.75) is 20.0 Å². The Balaban J connectivity index is 2.41. The maximum absolute atomic E-state index is 10.5. The van der Waals surface area contributed by atoms with Gasteiger partial charge in [0.05, 0.1) is 10.9 Å². The molecular weight excluding hydrogens is 392 g/mol. The van der Waals surface area contributed by atoms with Crippen molar-refractivity contribution in [1.29, 1.82) is 0 Å². The Morgan fingerprint density at radius 1 is 1.16 bits per heavy atom. The molecule has 1 aromatic carbocycles. The van der Waals surface area contributed by atoms with Gasteiger partial charge < -0.3 is 9.84 Å². The topological polar surface area (TPSA) is 29.5 Å². The Labute approximate surface area is 133 Å². The number of halogens is 2. The van der Waals surface area contributed by atoms with Gasteiger partial charge >= 0.3 is 0 Å². The Morgan fingerprint density at radius 2 is 1.74 bits per heavy atom. The normalized spacial score (nSPS) is 12.5. The zero-order chi connectivity index (χ0) is 14.2. The van der Waals surface area contributed by atoms with E-state index in [1.54, 1.807) is 7.11 Å². The fourth-order valence-corrected chi connectivity index (χ4v) is 4.23. The summed E-state index contributed by atoms with van der Waals surface area (Å²) in [5.74, 6) is 0.879. The third-order valence-corrected chi connectivity index (χ3v) is 6.24. The van der Waals surface area contributed by atoms with Gasteiger partial charge in [-0.25, -0.2) is 0 Å². The first-order valence-electron chi connectivity index (χ1n) is 5.72. The minimum absolute atomic E-state index is 0.615. The Hall–Kier alpha value is -0.360. The highest BCUT2D eigenvalue weighted by molar-refractivity contribution is 9.13. The Morgan fingerprint density at radius 3 is 2.16 bits per heavy atom. The molecule has 0 aliphatic heterocycles. The monoisotopic (exact) mass is 404 g/mol. The Kier molecular flexibility index (Phi) is 4.71. The van der Waals surface area contributed by atoms with Gasteiger partial charge in [0.1, 0.15) is 11.9 Å². The highest BCUT2D eigenvalue weighted by Crippen LogP contribution is 2.38. The molecule has 0 saturated heterocycles. The van der Waals surface area contributed by atoms with Gasteiger partial charge in [-0.05, 0) is 80.6 Å². The molecule has 1 atom stereocenters. The van der Waals surface area contributed by atoms with E-state index < -0.39 is 6.10 Å². The second-order valence-corrected chi connectivity index (χ2v) is 7.62. The van der Waals surface area contributed by atoms with Gasteiger partial charge in [-0.1, -0.05) is 0 Å². The van der Waals surface area contributed by atoms with Gasteiger partial charge in [-0.3, -0.25) is 0 Å². The molecule has 5 heteroatoms. The van der Waals surface area contributed by atoms with Crippen LogP contribution in [0.2, 0.25) is 0 Å². The summed E-state index contributed by atoms with van der Waals surface area (Å²) in [6.07, 6.45) is -0.615. The lowest BCUT2D eigenvalue weighted by molar-refractivity contribution is 0.224. The van der Waals surface area contributed by atoms with Crippen LogP contribution in [0, 0.1) is 13.8 Å². The average molecular weight is 406 g/mol. The molecule has 1 aromatic heterocycles. The van der Waals surface area contributed by atoms with E-state index in [0.717, 1.165) is 35.6 Å². The fourth-order valence-electron chi connectivity index (χ4n) is 2.13. The first kappa shape index (κ1) is 15.0. The highest BCUT2D eigenvalue weighted by atomic mass is 79.9. The maximum Gasteiger partial charge on any atom is 0.124 e. The van der Waals surface area contributed by atoms with Crippen molar-refractivity contribution in [3.63, 3.8) is 0 Å². The van der Waals surface area contributed by atoms with Crippen LogP contribution in [0.5, 0.6) is 5.75 Å². The van der Waals surface area contributed by atoms with Crippen LogP contribution >= 0.6 is 43.2 Å². The van der Waals surface area contributed by atoms with E-state index in [0.29, 0.717) is 0 Å². The molecule has 2 nitrogen and oxygen atoms in total. The van der Waals surface area contributed by atoms with E-state index in [-0.39, 0.29) is 0 Å². The summed E-state index contributed by atoms with van der Waals surface area (Å²) in [6.45, 7) is 3.98. The Bertz CT molecular complexity index is 565. The minimum atomic E-state index is -0.615. The summed E-state index contributed by atoms with van der Waals surface area (Å²) in [7, 11) is 1.67. The number of aliphatic hydroxyl groups excluding tert-OH is 1. The smallest absolute Gasteiger partial charge is 0.124 e. The van der Waals surface area contributed by atoms with Crippen molar-refractivity contribution in [2.75, 3.05) is 7.11 Å². The van der Waals surface area contributed by atoms with Gasteiger partial charge in [0, 0.05) is 9.35 Å². The predicted octanol–water partition coefficient (Wildman–Crippen LogP) is 4.98. The lowest BCUT2D eigenvalue weighted by Gasteiger charge is -2.14. The lowest BCUT2D eigenvalue weighted by Crippen LogP contribution is -2.00. The summed E-state index contributed by atoms with van der Waals surface area (Å²) < 4.78 is 7.30. The second-order valence-electron chi connectivity index (χ2n) is 4.36. The second kappa shape index (κ2) is 5.95. The fraction of sp³-hybridized carbons (Fsp3) is 0.286. The van der Waals surface area contributed by atoms with Crippen LogP contribution in [-0.2, 0) is 0 Å². The third kappa shape index (κ3) is 3.05. The quantitative estimate of drug-likeness (QED) is 0.780. The van der Waals surface area contributed by atoms with Crippen LogP contribution in [0.15, 0.2) is 26.5 Å². The molecule has 0 aliphatic carbocycles. The molecular formula is C14H14Br2O2S. The van der Waals surface area contributed by atoms with E-state index in [1.807, 2.05) is 32.0 Å². The molecule has 19 heavy (non-hydrogen) atoms. The maximum atomic E-state index is 10.5. The molecule has 102 valence electrons. The van der Waals surface area contributed by atoms with Crippen molar-refractivity contribution in [3.8, 4) is 5.75 Å². The van der Waals surface area contributed by atoms with E-state index >= 15 is 0 Å². The predicted molar refractivity (Wildman–Crippen MR) is 86.2 cm³/mol. The third-order valence-electron chi connectivity index (χ3n) is 2.94. The van der Waals surface area contributed by atoms with Crippen LogP contribution in [0.1, 0.15) is 27.7 Å². The van der Waals surface area contributed by atoms with E-state index in [2.05, 4.69) is 31.9 Å². The number of aryl methyl sites for hydroxylation is 2. The molecule has 1 N–H and O–H groups in total. The zero-order valence-corrected chi connectivity index (χ0v) is 14.8. The largest absolute Gasteiger partial charge is 0.496 e. The number of rotatable bonds is 3. The molecule has 0 spiro atoms. The summed E-state index contributed by atoms with van der Waals surface area (Å²) in [5.41, 5.74) is 2.95. The van der Waals surface area contributed by atoms with Crippen molar-refractivity contribution >= 4 is 43.2 Å². The number of ether oxygens (including phenoxy) is 1. The van der Waals surface area contributed by atoms with Crippen molar-refractivity contribution in [1.82, 2.24) is 0 Å². The van der Waals surface area contributed by atoms with Crippen LogP contribution in [0.3, 0.4) is 0 Å². The molecule has 0 bridgehead atoms. The van der Waals surface area contributed by atoms with E-state index in [9.17, 15) is 5.11 Å². The van der Waals surface area contributed by atoms with E-state index in [1.165, 1.54) is 11.3 Å². The summed E-state index contributed by atoms with van der Waals surface area (Å²) >= 11 is 8.42. The number of hydrogen-bond donors (Lipinski definition) is 1. The van der Waals surface area contributed by atoms with Gasteiger partial charge in [0.15, 0.2) is 0 Å². The first-order valence-corrected chi connectivity index (χ1v) is 8.12. The molecule has 0 amide bonds. The molecule has 2 rings (SSSR count). The molecule has 0 fully saturated rings. The zero-order valence-electron chi connectivity index (χ0n) is 10.8. The lowest BCUT2D eigenvalue weighted by atomic mass is 10.0. The summed E-state index contributed by atoms with van der Waals surface area (Å²) in [6, 6.07) is 5.88. The first-order chi connectivity index (χ1) is 8.93. The van der Waals surface area contributed by atoms with Crippen molar-refractivity contribution in [3.05, 3.63) is 48.0 Å². The standard InChI is InChI=1S/C14H14Br2O2S/c1-7-4-9(5-8(2)13(7)18-3)12(17)11-6-10(15)14(16)19-11/h4-6,12,17H,1-3H3. The molecule has 1 heterocycles. The molecule has 2 aromatic rings. The van der Waals surface area contributed by atoms with Gasteiger partial charge in [0.2, 0.25) is 0 Å². The highest BCUT2D eigenvalue weighted by Gasteiger charge is 2.17. The van der Waals surface area contributed by atoms with Gasteiger partial charge in [-0.2, -0.15) is 0 Å². The summed E-state index contributed by atoms with van der Waals surface area (Å²) in [5, 5.41) is 10.5.